The molecule has 1 fully saturated rings. The molecule has 0 aliphatic carbocycles. The van der Waals surface area contributed by atoms with E-state index in [9.17, 15) is 18.0 Å². The predicted molar refractivity (Wildman–Crippen MR) is 90.3 cm³/mol. The van der Waals surface area contributed by atoms with E-state index in [1.165, 1.54) is 47.4 Å². The largest absolute Gasteiger partial charge is 0.365 e. The first-order chi connectivity index (χ1) is 12.0. The van der Waals surface area contributed by atoms with Gasteiger partial charge in [0, 0.05) is 31.9 Å². The van der Waals surface area contributed by atoms with Gasteiger partial charge < -0.3 is 10.2 Å². The molecule has 0 radical (unpaired) electrons. The molecule has 1 saturated heterocycles. The maximum Gasteiger partial charge on any atom is 0.321 e. The van der Waals surface area contributed by atoms with Crippen LogP contribution < -0.4 is 15.1 Å². The van der Waals surface area contributed by atoms with E-state index in [0.717, 1.165) is 0 Å². The second-order valence-corrected chi connectivity index (χ2v) is 5.99. The quantitative estimate of drug-likeness (QED) is 0.920. The van der Waals surface area contributed by atoms with Crippen molar-refractivity contribution in [3.05, 3.63) is 59.9 Å². The van der Waals surface area contributed by atoms with Crippen LogP contribution in [0.3, 0.4) is 0 Å². The number of halogens is 3. The Kier molecular flexibility index (Phi) is 4.83. The maximum absolute atomic E-state index is 13.9. The monoisotopic (exact) mass is 349 g/mol. The molecule has 0 bridgehead atoms. The van der Waals surface area contributed by atoms with Gasteiger partial charge in [-0.05, 0) is 42.8 Å². The molecule has 1 atom stereocenters. The first kappa shape index (κ1) is 17.1. The van der Waals surface area contributed by atoms with Crippen LogP contribution in [-0.4, -0.2) is 32.2 Å². The highest BCUT2D eigenvalue weighted by molar-refractivity contribution is 5.91. The molecule has 1 heterocycles. The van der Waals surface area contributed by atoms with Gasteiger partial charge in [-0.15, -0.1) is 0 Å². The van der Waals surface area contributed by atoms with Crippen LogP contribution in [0.25, 0.3) is 0 Å². The average molecular weight is 349 g/mol. The number of amides is 2. The number of benzene rings is 2. The van der Waals surface area contributed by atoms with Gasteiger partial charge in [-0.1, -0.05) is 6.07 Å². The number of anilines is 2. The van der Waals surface area contributed by atoms with Gasteiger partial charge in [0.25, 0.3) is 0 Å². The molecule has 0 aromatic heterocycles. The summed E-state index contributed by atoms with van der Waals surface area (Å²) in [4.78, 5) is 15.3. The van der Waals surface area contributed by atoms with Crippen LogP contribution in [0.1, 0.15) is 6.42 Å². The van der Waals surface area contributed by atoms with Crippen LogP contribution in [0.2, 0.25) is 0 Å². The van der Waals surface area contributed by atoms with Gasteiger partial charge in [-0.3, -0.25) is 4.90 Å². The van der Waals surface area contributed by atoms with Gasteiger partial charge in [0.05, 0.1) is 0 Å². The molecule has 0 unspecified atom stereocenters. The lowest BCUT2D eigenvalue weighted by atomic mass is 10.2. The summed E-state index contributed by atoms with van der Waals surface area (Å²) in [6, 6.07) is 8.73. The number of carbonyl (C=O) groups excluding carboxylic acids is 1. The standard InChI is InChI=1S/C18H18F3N3O/c1-23(14-7-5-12(19)6-8-14)18(25)22-13-9-10-24(11-13)17-15(20)3-2-4-16(17)21/h2-8,13H,9-11H2,1H3,(H,22,25)/t13-/m0/s1. The minimum absolute atomic E-state index is 0.0638. The zero-order valence-electron chi connectivity index (χ0n) is 13.7. The molecule has 25 heavy (non-hydrogen) atoms. The Morgan fingerprint density at radius 3 is 2.40 bits per heavy atom. The van der Waals surface area contributed by atoms with Crippen molar-refractivity contribution in [3.63, 3.8) is 0 Å². The Morgan fingerprint density at radius 2 is 1.76 bits per heavy atom. The number of nitrogens with zero attached hydrogens (tertiary/aromatic N) is 2. The Morgan fingerprint density at radius 1 is 1.12 bits per heavy atom. The third kappa shape index (κ3) is 3.70. The number of rotatable bonds is 3. The van der Waals surface area contributed by atoms with Crippen LogP contribution in [0.4, 0.5) is 29.3 Å². The van der Waals surface area contributed by atoms with Gasteiger partial charge in [0.2, 0.25) is 0 Å². The lowest BCUT2D eigenvalue weighted by Gasteiger charge is -2.22. The molecule has 2 aromatic carbocycles. The fourth-order valence-electron chi connectivity index (χ4n) is 2.93. The van der Waals surface area contributed by atoms with Crippen molar-refractivity contribution < 1.29 is 18.0 Å². The Labute approximate surface area is 143 Å². The summed E-state index contributed by atoms with van der Waals surface area (Å²) in [6.45, 7) is 0.768. The summed E-state index contributed by atoms with van der Waals surface area (Å²) in [7, 11) is 1.58. The van der Waals surface area contributed by atoms with Crippen LogP contribution in [0, 0.1) is 17.5 Å². The van der Waals surface area contributed by atoms with Crippen molar-refractivity contribution in [1.29, 1.82) is 0 Å². The van der Waals surface area contributed by atoms with Crippen molar-refractivity contribution in [1.82, 2.24) is 5.32 Å². The fourth-order valence-corrected chi connectivity index (χ4v) is 2.93. The summed E-state index contributed by atoms with van der Waals surface area (Å²) >= 11 is 0. The first-order valence-corrected chi connectivity index (χ1v) is 7.94. The smallest absolute Gasteiger partial charge is 0.321 e. The zero-order chi connectivity index (χ0) is 18.0. The van der Waals surface area contributed by atoms with E-state index in [0.29, 0.717) is 25.2 Å². The van der Waals surface area contributed by atoms with Crippen molar-refractivity contribution in [3.8, 4) is 0 Å². The molecule has 132 valence electrons. The van der Waals surface area contributed by atoms with E-state index in [1.54, 1.807) is 11.9 Å². The van der Waals surface area contributed by atoms with E-state index in [-0.39, 0.29) is 23.6 Å². The van der Waals surface area contributed by atoms with Gasteiger partial charge >= 0.3 is 6.03 Å². The molecular weight excluding hydrogens is 331 g/mol. The predicted octanol–water partition coefficient (Wildman–Crippen LogP) is 3.53. The average Bonchev–Trinajstić information content (AvgIpc) is 3.02. The van der Waals surface area contributed by atoms with Crippen molar-refractivity contribution in [2.24, 2.45) is 0 Å². The van der Waals surface area contributed by atoms with Crippen LogP contribution in [0.15, 0.2) is 42.5 Å². The van der Waals surface area contributed by atoms with Crippen molar-refractivity contribution >= 4 is 17.4 Å². The molecule has 1 aliphatic rings. The number of nitrogens with one attached hydrogen (secondary N) is 1. The molecule has 2 aromatic rings. The van der Waals surface area contributed by atoms with Gasteiger partial charge in [0.15, 0.2) is 0 Å². The van der Waals surface area contributed by atoms with Crippen LogP contribution >= 0.6 is 0 Å². The SMILES string of the molecule is CN(C(=O)N[C@H]1CCN(c2c(F)cccc2F)C1)c1ccc(F)cc1. The van der Waals surface area contributed by atoms with E-state index in [2.05, 4.69) is 5.32 Å². The van der Waals surface area contributed by atoms with Gasteiger partial charge in [-0.2, -0.15) is 0 Å². The lowest BCUT2D eigenvalue weighted by Crippen LogP contribution is -2.44. The summed E-state index contributed by atoms with van der Waals surface area (Å²) in [6.07, 6.45) is 0.580. The van der Waals surface area contributed by atoms with Crippen LogP contribution in [-0.2, 0) is 0 Å². The maximum atomic E-state index is 13.9. The molecule has 1 N–H and O–H groups in total. The third-order valence-electron chi connectivity index (χ3n) is 4.29. The van der Waals surface area contributed by atoms with Crippen molar-refractivity contribution in [2.75, 3.05) is 29.9 Å². The Hall–Kier alpha value is -2.70. The molecule has 4 nitrogen and oxygen atoms in total. The summed E-state index contributed by atoms with van der Waals surface area (Å²) in [5, 5.41) is 2.84. The highest BCUT2D eigenvalue weighted by Crippen LogP contribution is 2.26. The van der Waals surface area contributed by atoms with Crippen molar-refractivity contribution in [2.45, 2.75) is 12.5 Å². The normalized spacial score (nSPS) is 16.8. The third-order valence-corrected chi connectivity index (χ3v) is 4.29. The number of para-hydroxylation sites is 1. The Balaban J connectivity index is 1.63. The summed E-state index contributed by atoms with van der Waals surface area (Å²) in [5.41, 5.74) is 0.486. The van der Waals surface area contributed by atoms with E-state index >= 15 is 0 Å². The topological polar surface area (TPSA) is 35.6 Å². The molecule has 0 saturated carbocycles. The summed E-state index contributed by atoms with van der Waals surface area (Å²) in [5.74, 6) is -1.61. The molecule has 7 heteroatoms. The second-order valence-electron chi connectivity index (χ2n) is 5.99. The lowest BCUT2D eigenvalue weighted by molar-refractivity contribution is 0.244. The number of hydrogen-bond acceptors (Lipinski definition) is 2. The zero-order valence-corrected chi connectivity index (χ0v) is 13.7. The fraction of sp³-hybridized carbons (Fsp3) is 0.278. The summed E-state index contributed by atoms with van der Waals surface area (Å²) < 4.78 is 40.7. The molecular formula is C18H18F3N3O. The number of carbonyl (C=O) groups is 1. The number of urea groups is 1. The Bertz CT molecular complexity index is 746. The van der Waals surface area contributed by atoms with E-state index in [1.807, 2.05) is 0 Å². The molecule has 1 aliphatic heterocycles. The minimum atomic E-state index is -0.615. The van der Waals surface area contributed by atoms with Gasteiger partial charge in [0.1, 0.15) is 23.1 Å². The molecule has 0 spiro atoms. The van der Waals surface area contributed by atoms with E-state index in [4.69, 9.17) is 0 Å². The van der Waals surface area contributed by atoms with E-state index < -0.39 is 11.6 Å². The number of hydrogen-bond donors (Lipinski definition) is 1. The molecule has 2 amide bonds. The highest BCUT2D eigenvalue weighted by atomic mass is 19.1. The minimum Gasteiger partial charge on any atom is -0.365 e. The van der Waals surface area contributed by atoms with Gasteiger partial charge in [-0.25, -0.2) is 18.0 Å². The highest BCUT2D eigenvalue weighted by Gasteiger charge is 2.28. The second kappa shape index (κ2) is 7.04. The first-order valence-electron chi connectivity index (χ1n) is 7.94. The van der Waals surface area contributed by atoms with Crippen LogP contribution in [0.5, 0.6) is 0 Å². The molecule has 3 rings (SSSR count).